The summed E-state index contributed by atoms with van der Waals surface area (Å²) in [6.07, 6.45) is -3.02. The van der Waals surface area contributed by atoms with Gasteiger partial charge in [0.1, 0.15) is 0 Å². The molecule has 3 amide bonds. The fourth-order valence-electron chi connectivity index (χ4n) is 3.19. The Morgan fingerprint density at radius 3 is 2.32 bits per heavy atom. The molecule has 1 aromatic carbocycles. The van der Waals surface area contributed by atoms with Gasteiger partial charge in [-0.15, -0.1) is 0 Å². The van der Waals surface area contributed by atoms with Crippen LogP contribution in [0.2, 0.25) is 5.02 Å². The van der Waals surface area contributed by atoms with E-state index in [-0.39, 0.29) is 32.2 Å². The molecule has 0 radical (unpaired) electrons. The Labute approximate surface area is 182 Å². The second kappa shape index (κ2) is 8.93. The van der Waals surface area contributed by atoms with E-state index in [4.69, 9.17) is 11.6 Å². The van der Waals surface area contributed by atoms with E-state index in [1.165, 1.54) is 0 Å². The summed E-state index contributed by atoms with van der Waals surface area (Å²) < 4.78 is 65.9. The van der Waals surface area contributed by atoms with Gasteiger partial charge in [-0.25, -0.2) is 13.2 Å². The molecule has 2 N–H and O–H groups in total. The highest BCUT2D eigenvalue weighted by Crippen LogP contribution is 2.36. The van der Waals surface area contributed by atoms with Crippen LogP contribution < -0.4 is 10.6 Å². The maximum atomic E-state index is 13.1. The van der Waals surface area contributed by atoms with Gasteiger partial charge in [-0.05, 0) is 38.0 Å². The fraction of sp³-hybridized carbons (Fsp3) is 0.556. The van der Waals surface area contributed by atoms with Crippen LogP contribution in [0.25, 0.3) is 0 Å². The molecule has 0 bridgehead atoms. The van der Waals surface area contributed by atoms with Gasteiger partial charge in [0.05, 0.1) is 21.5 Å². The molecule has 0 spiro atoms. The summed E-state index contributed by atoms with van der Waals surface area (Å²) in [5.41, 5.74) is -1.22. The number of sulfonamides is 1. The Morgan fingerprint density at radius 2 is 1.77 bits per heavy atom. The first-order chi connectivity index (χ1) is 14.4. The van der Waals surface area contributed by atoms with E-state index in [0.29, 0.717) is 6.07 Å². The van der Waals surface area contributed by atoms with Crippen LogP contribution in [-0.2, 0) is 21.0 Å². The molecule has 1 unspecified atom stereocenters. The minimum absolute atomic E-state index is 0.0157. The molecule has 1 saturated carbocycles. The predicted octanol–water partition coefficient (Wildman–Crippen LogP) is 2.04. The van der Waals surface area contributed by atoms with E-state index < -0.39 is 49.7 Å². The van der Waals surface area contributed by atoms with Gasteiger partial charge in [0.2, 0.25) is 15.9 Å². The first-order valence-electron chi connectivity index (χ1n) is 9.62. The van der Waals surface area contributed by atoms with Gasteiger partial charge in [-0.3, -0.25) is 15.0 Å². The third kappa shape index (κ3) is 5.68. The van der Waals surface area contributed by atoms with Crippen LogP contribution in [0.15, 0.2) is 23.1 Å². The van der Waals surface area contributed by atoms with Gasteiger partial charge < -0.3 is 5.32 Å². The smallest absolute Gasteiger partial charge is 0.335 e. The summed E-state index contributed by atoms with van der Waals surface area (Å²) in [7, 11) is -4.17. The molecule has 1 aliphatic carbocycles. The molecule has 172 valence electrons. The number of piperazine rings is 1. The average molecular weight is 483 g/mol. The van der Waals surface area contributed by atoms with E-state index >= 15 is 0 Å². The number of hydrogen-bond donors (Lipinski definition) is 2. The van der Waals surface area contributed by atoms with E-state index in [1.807, 2.05) is 0 Å². The van der Waals surface area contributed by atoms with Crippen molar-refractivity contribution in [3.8, 4) is 0 Å². The Hall–Kier alpha value is -1.89. The van der Waals surface area contributed by atoms with Crippen molar-refractivity contribution in [2.24, 2.45) is 0 Å². The topological polar surface area (TPSA) is 98.8 Å². The van der Waals surface area contributed by atoms with Gasteiger partial charge in [0.15, 0.2) is 0 Å². The number of hydrogen-bond acceptors (Lipinski definition) is 5. The lowest BCUT2D eigenvalue weighted by atomic mass is 10.2. The summed E-state index contributed by atoms with van der Waals surface area (Å²) in [4.78, 5) is 25.2. The van der Waals surface area contributed by atoms with Gasteiger partial charge in [0.25, 0.3) is 0 Å². The van der Waals surface area contributed by atoms with Crippen LogP contribution in [0.5, 0.6) is 0 Å². The lowest BCUT2D eigenvalue weighted by molar-refractivity contribution is -0.137. The lowest BCUT2D eigenvalue weighted by Crippen LogP contribution is -2.56. The molecular formula is C18H22ClF3N4O4S. The van der Waals surface area contributed by atoms with Crippen molar-refractivity contribution in [1.29, 1.82) is 0 Å². The Kier molecular flexibility index (Phi) is 6.84. The Bertz CT molecular complexity index is 961. The first kappa shape index (κ1) is 23.8. The molecule has 1 saturated heterocycles. The van der Waals surface area contributed by atoms with E-state index in [0.717, 1.165) is 29.3 Å². The molecule has 1 heterocycles. The molecule has 1 atom stereocenters. The van der Waals surface area contributed by atoms with Crippen molar-refractivity contribution in [3.63, 3.8) is 0 Å². The van der Waals surface area contributed by atoms with Crippen molar-refractivity contribution < 1.29 is 31.2 Å². The van der Waals surface area contributed by atoms with Gasteiger partial charge in [-0.2, -0.15) is 17.5 Å². The highest BCUT2D eigenvalue weighted by molar-refractivity contribution is 7.89. The first-order valence-corrected chi connectivity index (χ1v) is 11.4. The van der Waals surface area contributed by atoms with Gasteiger partial charge in [-0.1, -0.05) is 11.6 Å². The molecule has 1 aliphatic heterocycles. The van der Waals surface area contributed by atoms with Gasteiger partial charge >= 0.3 is 12.2 Å². The number of rotatable bonds is 5. The van der Waals surface area contributed by atoms with Crippen molar-refractivity contribution >= 4 is 33.6 Å². The predicted molar refractivity (Wildman–Crippen MR) is 106 cm³/mol. The number of alkyl halides is 3. The van der Waals surface area contributed by atoms with Crippen LogP contribution in [0.1, 0.15) is 25.3 Å². The van der Waals surface area contributed by atoms with E-state index in [9.17, 15) is 31.2 Å². The number of amides is 3. The van der Waals surface area contributed by atoms with Gasteiger partial charge in [0, 0.05) is 32.2 Å². The molecule has 0 aromatic heterocycles. The summed E-state index contributed by atoms with van der Waals surface area (Å²) in [6, 6.07) is 1.33. The summed E-state index contributed by atoms with van der Waals surface area (Å²) in [6.45, 7) is 1.92. The number of carbonyl (C=O) groups excluding carboxylic acids is 2. The monoisotopic (exact) mass is 482 g/mol. The average Bonchev–Trinajstić information content (AvgIpc) is 3.50. The highest BCUT2D eigenvalue weighted by atomic mass is 35.5. The lowest BCUT2D eigenvalue weighted by Gasteiger charge is -2.36. The number of imide groups is 1. The van der Waals surface area contributed by atoms with Crippen LogP contribution >= 0.6 is 11.6 Å². The van der Waals surface area contributed by atoms with Crippen molar-refractivity contribution in [3.05, 3.63) is 28.8 Å². The molecule has 2 fully saturated rings. The zero-order valence-electron chi connectivity index (χ0n) is 16.6. The molecule has 1 aromatic rings. The third-order valence-corrected chi connectivity index (χ3v) is 7.45. The second-order valence-electron chi connectivity index (χ2n) is 7.49. The second-order valence-corrected chi connectivity index (χ2v) is 9.84. The summed E-state index contributed by atoms with van der Waals surface area (Å²) in [5.74, 6) is -0.512. The zero-order valence-corrected chi connectivity index (χ0v) is 18.1. The number of carbonyl (C=O) groups is 2. The molecule has 3 rings (SSSR count). The maximum Gasteiger partial charge on any atom is 0.417 e. The molecule has 2 aliphatic rings. The minimum Gasteiger partial charge on any atom is -0.335 e. The number of nitrogens with one attached hydrogen (secondary N) is 2. The number of urea groups is 1. The Morgan fingerprint density at radius 1 is 1.16 bits per heavy atom. The van der Waals surface area contributed by atoms with Crippen LogP contribution in [0.3, 0.4) is 0 Å². The SMILES string of the molecule is CC(C(=O)NC(=O)NC1CC1)N1CCN(S(=O)(=O)c2ccc(Cl)c(C(F)(F)F)c2)CC1. The van der Waals surface area contributed by atoms with Crippen molar-refractivity contribution in [2.45, 2.75) is 42.9 Å². The molecule has 8 nitrogen and oxygen atoms in total. The number of halogens is 4. The zero-order chi connectivity index (χ0) is 23.0. The van der Waals surface area contributed by atoms with E-state index in [1.54, 1.807) is 11.8 Å². The molecular weight excluding hydrogens is 461 g/mol. The summed E-state index contributed by atoms with van der Waals surface area (Å²) >= 11 is 5.57. The Balaban J connectivity index is 1.61. The van der Waals surface area contributed by atoms with E-state index in [2.05, 4.69) is 10.6 Å². The fourth-order valence-corrected chi connectivity index (χ4v) is 4.87. The molecule has 13 heteroatoms. The maximum absolute atomic E-state index is 13.1. The van der Waals surface area contributed by atoms with Crippen molar-refractivity contribution in [2.75, 3.05) is 26.2 Å². The van der Waals surface area contributed by atoms with Crippen LogP contribution in [0, 0.1) is 0 Å². The quantitative estimate of drug-likeness (QED) is 0.669. The largest absolute Gasteiger partial charge is 0.417 e. The molecule has 31 heavy (non-hydrogen) atoms. The number of benzene rings is 1. The number of nitrogens with zero attached hydrogens (tertiary/aromatic N) is 2. The third-order valence-electron chi connectivity index (χ3n) is 5.23. The normalized spacial score (nSPS) is 19.6. The van der Waals surface area contributed by atoms with Crippen molar-refractivity contribution in [1.82, 2.24) is 19.8 Å². The van der Waals surface area contributed by atoms with Crippen LogP contribution in [-0.4, -0.2) is 67.8 Å². The standard InChI is InChI=1S/C18H22ClF3N4O4S/c1-11(16(27)24-17(28)23-12-2-3-12)25-6-8-26(9-7-25)31(29,30)13-4-5-15(19)14(10-13)18(20,21)22/h4-5,10-12H,2-3,6-9H2,1H3,(H2,23,24,27,28). The van der Waals surface area contributed by atoms with Crippen LogP contribution in [0.4, 0.5) is 18.0 Å². The summed E-state index contributed by atoms with van der Waals surface area (Å²) in [5, 5.41) is 4.32. The highest BCUT2D eigenvalue weighted by Gasteiger charge is 2.37. The minimum atomic E-state index is -4.78.